The van der Waals surface area contributed by atoms with Crippen molar-refractivity contribution < 1.29 is 14.2 Å². The highest BCUT2D eigenvalue weighted by atomic mass is 16.5. The quantitative estimate of drug-likeness (QED) is 0.462. The van der Waals surface area contributed by atoms with E-state index in [0.717, 1.165) is 64.9 Å². The highest BCUT2D eigenvalue weighted by molar-refractivity contribution is 5.96. The fraction of sp³-hybridized carbons (Fsp3) is 0.292. The van der Waals surface area contributed by atoms with Gasteiger partial charge in [-0.15, -0.1) is 0 Å². The Morgan fingerprint density at radius 3 is 2.32 bits per heavy atom. The van der Waals surface area contributed by atoms with Gasteiger partial charge in [-0.1, -0.05) is 6.07 Å². The van der Waals surface area contributed by atoms with Crippen molar-refractivity contribution in [1.29, 1.82) is 0 Å². The van der Waals surface area contributed by atoms with Crippen LogP contribution in [0.25, 0.3) is 33.3 Å². The molecule has 1 fully saturated rings. The average Bonchev–Trinajstić information content (AvgIpc) is 3.23. The summed E-state index contributed by atoms with van der Waals surface area (Å²) >= 11 is 0. The van der Waals surface area contributed by atoms with Crippen molar-refractivity contribution in [3.05, 3.63) is 55.1 Å². The third-order valence-electron chi connectivity index (χ3n) is 5.64. The molecule has 0 bridgehead atoms. The van der Waals surface area contributed by atoms with Gasteiger partial charge in [-0.3, -0.25) is 9.97 Å². The number of hydrogen-bond acceptors (Lipinski definition) is 6. The van der Waals surface area contributed by atoms with E-state index in [9.17, 15) is 0 Å². The van der Waals surface area contributed by atoms with Crippen molar-refractivity contribution in [3.8, 4) is 33.9 Å². The molecule has 31 heavy (non-hydrogen) atoms. The van der Waals surface area contributed by atoms with Crippen LogP contribution >= 0.6 is 0 Å². The normalized spacial score (nSPS) is 16.4. The van der Waals surface area contributed by atoms with Gasteiger partial charge in [0.05, 0.1) is 32.1 Å². The molecular formula is C24H24N4O3. The van der Waals surface area contributed by atoms with Crippen LogP contribution in [0.2, 0.25) is 0 Å². The molecule has 1 atom stereocenters. The molecule has 4 aromatic rings. The van der Waals surface area contributed by atoms with E-state index in [4.69, 9.17) is 19.3 Å². The van der Waals surface area contributed by atoms with E-state index in [2.05, 4.69) is 28.2 Å². The number of pyridine rings is 2. The molecule has 1 unspecified atom stereocenters. The third kappa shape index (κ3) is 3.72. The molecule has 1 aromatic carbocycles. The monoisotopic (exact) mass is 416 g/mol. The van der Waals surface area contributed by atoms with E-state index in [1.165, 1.54) is 0 Å². The lowest BCUT2D eigenvalue weighted by molar-refractivity contribution is -0.0365. The number of methoxy groups -OCH3 is 2. The van der Waals surface area contributed by atoms with Crippen molar-refractivity contribution in [2.75, 3.05) is 20.8 Å². The van der Waals surface area contributed by atoms with Crippen LogP contribution in [0.15, 0.2) is 55.1 Å². The Morgan fingerprint density at radius 2 is 1.61 bits per heavy atom. The lowest BCUT2D eigenvalue weighted by Gasteiger charge is -2.23. The molecule has 0 saturated carbocycles. The molecule has 3 aromatic heterocycles. The lowest BCUT2D eigenvalue weighted by Crippen LogP contribution is -2.19. The maximum atomic E-state index is 6.04. The Bertz CT molecular complexity index is 1210. The van der Waals surface area contributed by atoms with Crippen molar-refractivity contribution in [2.45, 2.75) is 25.5 Å². The van der Waals surface area contributed by atoms with Gasteiger partial charge in [0.25, 0.3) is 0 Å². The Morgan fingerprint density at radius 1 is 0.871 bits per heavy atom. The van der Waals surface area contributed by atoms with Gasteiger partial charge in [-0.05, 0) is 49.1 Å². The molecule has 0 amide bonds. The van der Waals surface area contributed by atoms with Crippen molar-refractivity contribution in [2.24, 2.45) is 0 Å². The standard InChI is InChI=1S/C24H24N4O3/c1-29-19-9-17(12-25-14-19)16-6-7-22-21(11-16)24(18-10-20(30-2)15-26-13-18)27-28(22)23-5-3-4-8-31-23/h6-7,9-15,23H,3-5,8H2,1-2H3. The molecule has 4 heterocycles. The zero-order valence-corrected chi connectivity index (χ0v) is 17.6. The minimum atomic E-state index is -0.0621. The number of aromatic nitrogens is 4. The van der Waals surface area contributed by atoms with E-state index in [-0.39, 0.29) is 6.23 Å². The Hall–Kier alpha value is -3.45. The number of rotatable bonds is 5. The van der Waals surface area contributed by atoms with Gasteiger partial charge in [-0.2, -0.15) is 5.10 Å². The Balaban J connectivity index is 1.69. The van der Waals surface area contributed by atoms with Gasteiger partial charge in [0.15, 0.2) is 6.23 Å². The predicted molar refractivity (Wildman–Crippen MR) is 118 cm³/mol. The number of nitrogens with zero attached hydrogens (tertiary/aromatic N) is 4. The first-order chi connectivity index (χ1) is 15.3. The van der Waals surface area contributed by atoms with Gasteiger partial charge in [0.1, 0.15) is 17.2 Å². The average molecular weight is 416 g/mol. The lowest BCUT2D eigenvalue weighted by atomic mass is 10.0. The van der Waals surface area contributed by atoms with Crippen LogP contribution in [0.3, 0.4) is 0 Å². The Kier molecular flexibility index (Phi) is 5.26. The summed E-state index contributed by atoms with van der Waals surface area (Å²) in [6.07, 6.45) is 10.2. The fourth-order valence-electron chi connectivity index (χ4n) is 4.02. The first-order valence-electron chi connectivity index (χ1n) is 10.4. The van der Waals surface area contributed by atoms with Crippen LogP contribution in [0.5, 0.6) is 11.5 Å². The Labute approximate surface area is 180 Å². The van der Waals surface area contributed by atoms with Crippen LogP contribution in [0, 0.1) is 0 Å². The molecule has 7 nitrogen and oxygen atoms in total. The number of hydrogen-bond donors (Lipinski definition) is 0. The van der Waals surface area contributed by atoms with Crippen molar-refractivity contribution in [1.82, 2.24) is 19.7 Å². The van der Waals surface area contributed by atoms with Crippen LogP contribution in [-0.4, -0.2) is 40.6 Å². The molecule has 5 rings (SSSR count). The van der Waals surface area contributed by atoms with Gasteiger partial charge in [0, 0.05) is 35.5 Å². The zero-order chi connectivity index (χ0) is 21.2. The van der Waals surface area contributed by atoms with Crippen molar-refractivity contribution >= 4 is 10.9 Å². The van der Waals surface area contributed by atoms with Gasteiger partial charge >= 0.3 is 0 Å². The first-order valence-corrected chi connectivity index (χ1v) is 10.4. The number of ether oxygens (including phenoxy) is 3. The van der Waals surface area contributed by atoms with Gasteiger partial charge < -0.3 is 14.2 Å². The summed E-state index contributed by atoms with van der Waals surface area (Å²) in [5, 5.41) is 6.01. The largest absolute Gasteiger partial charge is 0.495 e. The topological polar surface area (TPSA) is 71.3 Å². The molecule has 1 saturated heterocycles. The van der Waals surface area contributed by atoms with Crippen molar-refractivity contribution in [3.63, 3.8) is 0 Å². The maximum Gasteiger partial charge on any atom is 0.150 e. The summed E-state index contributed by atoms with van der Waals surface area (Å²) in [6, 6.07) is 10.3. The summed E-state index contributed by atoms with van der Waals surface area (Å²) < 4.78 is 18.8. The summed E-state index contributed by atoms with van der Waals surface area (Å²) in [5.74, 6) is 1.42. The molecule has 158 valence electrons. The summed E-state index contributed by atoms with van der Waals surface area (Å²) in [5.41, 5.74) is 4.81. The minimum absolute atomic E-state index is 0.0621. The van der Waals surface area contributed by atoms with Crippen LogP contribution in [-0.2, 0) is 4.74 Å². The number of fused-ring (bicyclic) bond motifs is 1. The third-order valence-corrected chi connectivity index (χ3v) is 5.64. The highest BCUT2D eigenvalue weighted by Gasteiger charge is 2.22. The van der Waals surface area contributed by atoms with Gasteiger partial charge in [0.2, 0.25) is 0 Å². The summed E-state index contributed by atoms with van der Waals surface area (Å²) in [4.78, 5) is 8.63. The second-order valence-electron chi connectivity index (χ2n) is 7.57. The highest BCUT2D eigenvalue weighted by Crippen LogP contribution is 2.36. The first kappa shape index (κ1) is 19.5. The molecule has 0 radical (unpaired) electrons. The molecule has 7 heteroatoms. The van der Waals surface area contributed by atoms with E-state index in [0.29, 0.717) is 5.75 Å². The molecule has 1 aliphatic heterocycles. The van der Waals surface area contributed by atoms with E-state index >= 15 is 0 Å². The molecule has 0 aliphatic carbocycles. The van der Waals surface area contributed by atoms with E-state index < -0.39 is 0 Å². The minimum Gasteiger partial charge on any atom is -0.495 e. The molecule has 0 spiro atoms. The number of benzene rings is 1. The second-order valence-corrected chi connectivity index (χ2v) is 7.57. The van der Waals surface area contributed by atoms with Crippen LogP contribution in [0.1, 0.15) is 25.5 Å². The van der Waals surface area contributed by atoms with E-state index in [1.54, 1.807) is 26.6 Å². The van der Waals surface area contributed by atoms with Gasteiger partial charge in [-0.25, -0.2) is 4.68 Å². The molecule has 0 N–H and O–H groups in total. The summed E-state index contributed by atoms with van der Waals surface area (Å²) in [7, 11) is 3.29. The van der Waals surface area contributed by atoms with Crippen LogP contribution < -0.4 is 9.47 Å². The zero-order valence-electron chi connectivity index (χ0n) is 17.6. The smallest absolute Gasteiger partial charge is 0.150 e. The molecular weight excluding hydrogens is 392 g/mol. The second kappa shape index (κ2) is 8.35. The SMILES string of the molecule is COc1cncc(-c2ccc3c(c2)c(-c2cncc(OC)c2)nn3C2CCCCO2)c1. The summed E-state index contributed by atoms with van der Waals surface area (Å²) in [6.45, 7) is 0.760. The maximum absolute atomic E-state index is 6.04. The van der Waals surface area contributed by atoms with E-state index in [1.807, 2.05) is 29.2 Å². The van der Waals surface area contributed by atoms with Crippen LogP contribution in [0.4, 0.5) is 0 Å². The molecule has 1 aliphatic rings. The predicted octanol–water partition coefficient (Wildman–Crippen LogP) is 4.88. The fourth-order valence-corrected chi connectivity index (χ4v) is 4.02.